The van der Waals surface area contributed by atoms with E-state index < -0.39 is 7.60 Å². The molecular weight excluding hydrogens is 295 g/mol. The molecule has 0 spiro atoms. The molecular formula is C13H21N2O3PS. The molecule has 0 bridgehead atoms. The fourth-order valence-corrected chi connectivity index (χ4v) is 2.71. The first kappa shape index (κ1) is 17.2. The molecule has 0 aliphatic carbocycles. The number of nitrogens with zero attached hydrogens (tertiary/aromatic N) is 2. The molecule has 0 amide bonds. The molecule has 0 fully saturated rings. The van der Waals surface area contributed by atoms with Crippen molar-refractivity contribution in [2.24, 2.45) is 0 Å². The lowest BCUT2D eigenvalue weighted by Crippen LogP contribution is -2.17. The zero-order valence-corrected chi connectivity index (χ0v) is 14.5. The zero-order chi connectivity index (χ0) is 15.6. The molecule has 0 aromatic carbocycles. The number of aromatic nitrogens is 2. The fourth-order valence-electron chi connectivity index (χ4n) is 1.40. The van der Waals surface area contributed by atoms with Gasteiger partial charge in [-0.1, -0.05) is 33.0 Å². The molecule has 0 aliphatic heterocycles. The Labute approximate surface area is 125 Å². The fraction of sp³-hybridized carbons (Fsp3) is 0.615. The van der Waals surface area contributed by atoms with Crippen LogP contribution in [0, 0.1) is 6.92 Å². The number of hydrogen-bond donors (Lipinski definition) is 0. The van der Waals surface area contributed by atoms with Gasteiger partial charge in [0.1, 0.15) is 10.4 Å². The average molecular weight is 316 g/mol. The summed E-state index contributed by atoms with van der Waals surface area (Å²) in [6.07, 6.45) is 0. The van der Waals surface area contributed by atoms with Crippen LogP contribution in [-0.4, -0.2) is 21.2 Å². The van der Waals surface area contributed by atoms with Crippen molar-refractivity contribution in [2.45, 2.75) is 47.0 Å². The molecule has 1 rings (SSSR count). The Morgan fingerprint density at radius 3 is 2.45 bits per heavy atom. The minimum Gasteiger partial charge on any atom is -0.402 e. The van der Waals surface area contributed by atoms with Gasteiger partial charge in [-0.3, -0.25) is 4.52 Å². The van der Waals surface area contributed by atoms with Gasteiger partial charge in [-0.15, -0.1) is 0 Å². The summed E-state index contributed by atoms with van der Waals surface area (Å²) in [6, 6.07) is 1.62. The van der Waals surface area contributed by atoms with Gasteiger partial charge in [0.15, 0.2) is 0 Å². The summed E-state index contributed by atoms with van der Waals surface area (Å²) in [5.74, 6) is 0.848. The largest absolute Gasteiger partial charge is 0.418 e. The molecule has 1 heterocycles. The van der Waals surface area contributed by atoms with Crippen LogP contribution in [0.15, 0.2) is 6.07 Å². The summed E-state index contributed by atoms with van der Waals surface area (Å²) in [5, 5.41) is 0. The highest BCUT2D eigenvalue weighted by molar-refractivity contribution is 7.97. The number of aryl methyl sites for hydroxylation is 1. The molecule has 0 radical (unpaired) electrons. The Kier molecular flexibility index (Phi) is 5.41. The van der Waals surface area contributed by atoms with Gasteiger partial charge < -0.3 is 4.52 Å². The lowest BCUT2D eigenvalue weighted by molar-refractivity contribution is 0.288. The third kappa shape index (κ3) is 4.33. The highest BCUT2D eigenvalue weighted by Crippen LogP contribution is 2.49. The maximum Gasteiger partial charge on any atom is 0.418 e. The molecule has 0 aliphatic rings. The van der Waals surface area contributed by atoms with Crippen molar-refractivity contribution in [2.75, 3.05) is 6.61 Å². The van der Waals surface area contributed by atoms with E-state index in [9.17, 15) is 4.57 Å². The van der Waals surface area contributed by atoms with E-state index in [0.717, 1.165) is 5.69 Å². The maximum absolute atomic E-state index is 12.5. The van der Waals surface area contributed by atoms with Crippen molar-refractivity contribution in [3.05, 3.63) is 17.6 Å². The maximum atomic E-state index is 12.5. The highest BCUT2D eigenvalue weighted by Gasteiger charge is 2.30. The molecule has 5 nitrogen and oxygen atoms in total. The topological polar surface area (TPSA) is 61.3 Å². The van der Waals surface area contributed by atoms with Crippen molar-refractivity contribution >= 4 is 24.4 Å². The Morgan fingerprint density at radius 2 is 2.00 bits per heavy atom. The lowest BCUT2D eigenvalue weighted by atomic mass is 9.96. The van der Waals surface area contributed by atoms with Gasteiger partial charge >= 0.3 is 7.60 Å². The third-order valence-corrected chi connectivity index (χ3v) is 4.87. The molecule has 1 unspecified atom stereocenters. The van der Waals surface area contributed by atoms with Crippen LogP contribution in [0.3, 0.4) is 0 Å². The molecule has 1 aromatic heterocycles. The van der Waals surface area contributed by atoms with Crippen LogP contribution in [0.1, 0.15) is 46.1 Å². The van der Waals surface area contributed by atoms with Crippen LogP contribution in [0.5, 0.6) is 5.88 Å². The molecule has 1 atom stereocenters. The van der Waals surface area contributed by atoms with Crippen LogP contribution in [0.2, 0.25) is 0 Å². The van der Waals surface area contributed by atoms with Crippen LogP contribution in [0.25, 0.3) is 0 Å². The first-order valence-electron chi connectivity index (χ1n) is 6.40. The summed E-state index contributed by atoms with van der Waals surface area (Å²) in [5.41, 5.74) is 0.511. The Morgan fingerprint density at radius 1 is 1.40 bits per heavy atom. The Balaban J connectivity index is 3.18. The summed E-state index contributed by atoms with van der Waals surface area (Å²) in [6.45, 7) is 11.4. The summed E-state index contributed by atoms with van der Waals surface area (Å²) >= 11 is 4.98. The minimum atomic E-state index is -3.46. The molecule has 0 saturated heterocycles. The van der Waals surface area contributed by atoms with Crippen molar-refractivity contribution in [3.8, 4) is 5.88 Å². The van der Waals surface area contributed by atoms with Gasteiger partial charge in [0.2, 0.25) is 5.88 Å². The molecule has 1 aromatic rings. The molecule has 0 N–H and O–H groups in total. The predicted molar refractivity (Wildman–Crippen MR) is 83.6 cm³/mol. The number of hydrogen-bond acceptors (Lipinski definition) is 6. The van der Waals surface area contributed by atoms with Gasteiger partial charge in [-0.2, -0.15) is 4.98 Å². The zero-order valence-electron chi connectivity index (χ0n) is 12.8. The van der Waals surface area contributed by atoms with Crippen LogP contribution in [-0.2, 0) is 14.5 Å². The Bertz CT molecular complexity index is 555. The Hall–Kier alpha value is -0.840. The number of rotatable bonds is 5. The lowest BCUT2D eigenvalue weighted by Gasteiger charge is -2.20. The second kappa shape index (κ2) is 6.29. The average Bonchev–Trinajstić information content (AvgIpc) is 2.26. The monoisotopic (exact) mass is 316 g/mol. The van der Waals surface area contributed by atoms with Crippen molar-refractivity contribution in [1.82, 2.24) is 9.97 Å². The van der Waals surface area contributed by atoms with E-state index in [1.165, 1.54) is 0 Å². The third-order valence-electron chi connectivity index (χ3n) is 2.40. The van der Waals surface area contributed by atoms with E-state index in [0.29, 0.717) is 5.82 Å². The second-order valence-corrected chi connectivity index (χ2v) is 8.47. The quantitative estimate of drug-likeness (QED) is 0.603. The van der Waals surface area contributed by atoms with Crippen molar-refractivity contribution < 1.29 is 13.6 Å². The van der Waals surface area contributed by atoms with E-state index in [2.05, 4.69) is 9.97 Å². The van der Waals surface area contributed by atoms with E-state index in [1.807, 2.05) is 27.7 Å². The van der Waals surface area contributed by atoms with Crippen LogP contribution in [0.4, 0.5) is 0 Å². The smallest absolute Gasteiger partial charge is 0.402 e. The normalized spacial score (nSPS) is 14.7. The second-order valence-electron chi connectivity index (χ2n) is 5.45. The van der Waals surface area contributed by atoms with Crippen LogP contribution < -0.4 is 4.52 Å². The minimum absolute atomic E-state index is 0.188. The summed E-state index contributed by atoms with van der Waals surface area (Å²) < 4.78 is 23.3. The number of thiocarbonyl (C=S) groups is 1. The van der Waals surface area contributed by atoms with Gasteiger partial charge in [-0.25, -0.2) is 9.55 Å². The first-order valence-corrected chi connectivity index (χ1v) is 8.35. The van der Waals surface area contributed by atoms with Gasteiger partial charge in [0, 0.05) is 17.2 Å². The highest BCUT2D eigenvalue weighted by atomic mass is 32.1. The van der Waals surface area contributed by atoms with Gasteiger partial charge in [0.05, 0.1) is 6.61 Å². The molecule has 7 heteroatoms. The summed E-state index contributed by atoms with van der Waals surface area (Å²) in [4.78, 5) is 8.68. The van der Waals surface area contributed by atoms with E-state index in [1.54, 1.807) is 19.9 Å². The van der Waals surface area contributed by atoms with Crippen LogP contribution >= 0.6 is 19.8 Å². The molecule has 0 saturated carbocycles. The van der Waals surface area contributed by atoms with E-state index in [4.69, 9.17) is 21.3 Å². The van der Waals surface area contributed by atoms with Crippen molar-refractivity contribution in [1.29, 1.82) is 0 Å². The molecule has 20 heavy (non-hydrogen) atoms. The van der Waals surface area contributed by atoms with E-state index >= 15 is 0 Å². The molecule has 112 valence electrons. The van der Waals surface area contributed by atoms with Crippen molar-refractivity contribution in [3.63, 3.8) is 0 Å². The standard InChI is InChI=1S/C13H21N2O3PS/c1-7-17-19(16,10(3)20)18-11-8-9(2)14-12(15-11)13(4,5)6/h8H,7H2,1-6H3. The van der Waals surface area contributed by atoms with Gasteiger partial charge in [-0.05, 0) is 20.8 Å². The first-order chi connectivity index (χ1) is 9.08. The van der Waals surface area contributed by atoms with E-state index in [-0.39, 0.29) is 22.5 Å². The SMILES string of the molecule is CCOP(=O)(Oc1cc(C)nc(C(C)(C)C)n1)C(C)=S. The van der Waals surface area contributed by atoms with Gasteiger partial charge in [0.25, 0.3) is 0 Å². The predicted octanol–water partition coefficient (Wildman–Crippen LogP) is 4.04. The summed E-state index contributed by atoms with van der Waals surface area (Å²) in [7, 11) is -3.46.